The third-order valence-electron chi connectivity index (χ3n) is 2.38. The van der Waals surface area contributed by atoms with Gasteiger partial charge in [-0.05, 0) is 12.5 Å². The smallest absolute Gasteiger partial charge is 0.318 e. The number of benzene rings is 1. The minimum Gasteiger partial charge on any atom is -0.459 e. The van der Waals surface area contributed by atoms with Crippen LogP contribution < -0.4 is 10.1 Å². The zero-order chi connectivity index (χ0) is 13.7. The van der Waals surface area contributed by atoms with Crippen molar-refractivity contribution < 1.29 is 9.13 Å². The summed E-state index contributed by atoms with van der Waals surface area (Å²) in [7, 11) is 0. The molecule has 2 rings (SSSR count). The number of rotatable bonds is 4. The summed E-state index contributed by atoms with van der Waals surface area (Å²) in [5, 5.41) is 10.6. The van der Waals surface area contributed by atoms with E-state index in [0.29, 0.717) is 0 Å². The van der Waals surface area contributed by atoms with E-state index in [4.69, 9.17) is 10.00 Å². The molecule has 0 aliphatic heterocycles. The van der Waals surface area contributed by atoms with Crippen LogP contribution in [-0.4, -0.2) is 9.97 Å². The van der Waals surface area contributed by atoms with Crippen LogP contribution >= 0.6 is 0 Å². The fourth-order valence-corrected chi connectivity index (χ4v) is 1.39. The average Bonchev–Trinajstić information content (AvgIpc) is 2.42. The quantitative estimate of drug-likeness (QED) is 0.673. The van der Waals surface area contributed by atoms with Gasteiger partial charge in [-0.2, -0.15) is 10.2 Å². The van der Waals surface area contributed by atoms with Gasteiger partial charge < -0.3 is 4.74 Å². The van der Waals surface area contributed by atoms with E-state index >= 15 is 0 Å². The van der Waals surface area contributed by atoms with Crippen LogP contribution in [-0.2, 0) is 6.61 Å². The molecule has 1 aromatic heterocycles. The lowest BCUT2D eigenvalue weighted by Crippen LogP contribution is -2.03. The fraction of sp³-hybridized carbons (Fsp3) is 0.154. The van der Waals surface area contributed by atoms with Crippen molar-refractivity contribution in [1.29, 1.82) is 5.26 Å². The van der Waals surface area contributed by atoms with Crippen molar-refractivity contribution in [3.05, 3.63) is 47.4 Å². The first-order chi connectivity index (χ1) is 9.19. The molecule has 0 radical (unpaired) electrons. The highest BCUT2D eigenvalue weighted by Crippen LogP contribution is 2.14. The largest absolute Gasteiger partial charge is 0.459 e. The van der Waals surface area contributed by atoms with Gasteiger partial charge in [0.2, 0.25) is 0 Å². The minimum atomic E-state index is -0.704. The summed E-state index contributed by atoms with van der Waals surface area (Å²) in [6.45, 7) is 2.27. The van der Waals surface area contributed by atoms with Gasteiger partial charge in [0.25, 0.3) is 0 Å². The number of hydrogen-bond acceptors (Lipinski definition) is 5. The number of aromatic nitrogens is 2. The molecule has 5 nitrogen and oxygen atoms in total. The SMILES string of the molecule is Cc1ccc(COc2ncc(F)c(NC#N)n2)cc1. The van der Waals surface area contributed by atoms with Crippen molar-refractivity contribution in [1.82, 2.24) is 9.97 Å². The second-order valence-electron chi connectivity index (χ2n) is 3.86. The maximum atomic E-state index is 13.2. The van der Waals surface area contributed by atoms with Crippen molar-refractivity contribution in [3.8, 4) is 12.2 Å². The maximum absolute atomic E-state index is 13.2. The summed E-state index contributed by atoms with van der Waals surface area (Å²) in [4.78, 5) is 7.45. The summed E-state index contributed by atoms with van der Waals surface area (Å²) in [6.07, 6.45) is 2.55. The standard InChI is InChI=1S/C13H11FN4O/c1-9-2-4-10(5-3-9)7-19-13-16-6-11(14)12(18-13)17-8-15/h2-6H,7H2,1H3,(H,16,17,18). The van der Waals surface area contributed by atoms with Gasteiger partial charge in [0, 0.05) is 0 Å². The van der Waals surface area contributed by atoms with Gasteiger partial charge >= 0.3 is 6.01 Å². The van der Waals surface area contributed by atoms with Gasteiger partial charge in [0.05, 0.1) is 6.20 Å². The van der Waals surface area contributed by atoms with E-state index in [0.717, 1.165) is 17.3 Å². The highest BCUT2D eigenvalue weighted by Gasteiger charge is 2.07. The Balaban J connectivity index is 2.05. The number of halogens is 1. The Bertz CT molecular complexity index is 607. The number of aryl methyl sites for hydroxylation is 1. The lowest BCUT2D eigenvalue weighted by molar-refractivity contribution is 0.280. The number of nitrogens with one attached hydrogen (secondary N) is 1. The van der Waals surface area contributed by atoms with E-state index < -0.39 is 5.82 Å². The highest BCUT2D eigenvalue weighted by atomic mass is 19.1. The van der Waals surface area contributed by atoms with Crippen LogP contribution in [0.5, 0.6) is 6.01 Å². The molecule has 0 saturated carbocycles. The lowest BCUT2D eigenvalue weighted by Gasteiger charge is -2.06. The third kappa shape index (κ3) is 3.39. The van der Waals surface area contributed by atoms with Crippen LogP contribution in [0.25, 0.3) is 0 Å². The molecule has 1 heterocycles. The van der Waals surface area contributed by atoms with E-state index in [-0.39, 0.29) is 18.4 Å². The summed E-state index contributed by atoms with van der Waals surface area (Å²) in [6, 6.07) is 7.79. The van der Waals surface area contributed by atoms with Crippen LogP contribution in [0.3, 0.4) is 0 Å². The third-order valence-corrected chi connectivity index (χ3v) is 2.38. The first-order valence-electron chi connectivity index (χ1n) is 5.55. The molecule has 0 fully saturated rings. The van der Waals surface area contributed by atoms with Crippen molar-refractivity contribution in [2.24, 2.45) is 0 Å². The molecule has 6 heteroatoms. The predicted molar refractivity (Wildman–Crippen MR) is 66.7 cm³/mol. The molecular weight excluding hydrogens is 247 g/mol. The second kappa shape index (κ2) is 5.78. The fourth-order valence-electron chi connectivity index (χ4n) is 1.39. The molecule has 0 spiro atoms. The molecule has 1 N–H and O–H groups in total. The van der Waals surface area contributed by atoms with E-state index in [9.17, 15) is 4.39 Å². The van der Waals surface area contributed by atoms with E-state index in [2.05, 4.69) is 15.3 Å². The van der Waals surface area contributed by atoms with Crippen molar-refractivity contribution in [3.63, 3.8) is 0 Å². The van der Waals surface area contributed by atoms with Gasteiger partial charge in [-0.3, -0.25) is 5.32 Å². The number of nitriles is 1. The summed E-state index contributed by atoms with van der Waals surface area (Å²) >= 11 is 0. The average molecular weight is 258 g/mol. The molecule has 1 aromatic carbocycles. The van der Waals surface area contributed by atoms with Gasteiger partial charge in [-0.25, -0.2) is 9.37 Å². The number of anilines is 1. The first kappa shape index (κ1) is 12.8. The second-order valence-corrected chi connectivity index (χ2v) is 3.86. The summed E-state index contributed by atoms with van der Waals surface area (Å²) < 4.78 is 18.5. The van der Waals surface area contributed by atoms with Gasteiger partial charge in [0.1, 0.15) is 6.61 Å². The Labute approximate surface area is 109 Å². The minimum absolute atomic E-state index is 0.0136. The Hall–Kier alpha value is -2.68. The first-order valence-corrected chi connectivity index (χ1v) is 5.55. The van der Waals surface area contributed by atoms with Gasteiger partial charge in [0.15, 0.2) is 17.8 Å². The zero-order valence-corrected chi connectivity index (χ0v) is 10.2. The topological polar surface area (TPSA) is 70.8 Å². The monoisotopic (exact) mass is 258 g/mol. The number of hydrogen-bond donors (Lipinski definition) is 1. The molecule has 0 saturated heterocycles. The van der Waals surface area contributed by atoms with Crippen LogP contribution in [0.1, 0.15) is 11.1 Å². The van der Waals surface area contributed by atoms with Gasteiger partial charge in [-0.1, -0.05) is 29.8 Å². The summed E-state index contributed by atoms with van der Waals surface area (Å²) in [5.41, 5.74) is 2.11. The molecule has 0 amide bonds. The van der Waals surface area contributed by atoms with Crippen LogP contribution in [0.4, 0.5) is 10.2 Å². The molecule has 0 aliphatic carbocycles. The maximum Gasteiger partial charge on any atom is 0.318 e. The Kier molecular flexibility index (Phi) is 3.88. The molecule has 0 aliphatic rings. The molecule has 0 unspecified atom stereocenters. The molecule has 0 bridgehead atoms. The van der Waals surface area contributed by atoms with Crippen molar-refractivity contribution in [2.45, 2.75) is 13.5 Å². The molecule has 0 atom stereocenters. The Morgan fingerprint density at radius 2 is 2.11 bits per heavy atom. The molecule has 96 valence electrons. The van der Waals surface area contributed by atoms with E-state index in [1.165, 1.54) is 0 Å². The van der Waals surface area contributed by atoms with E-state index in [1.54, 1.807) is 6.19 Å². The van der Waals surface area contributed by atoms with Crippen molar-refractivity contribution >= 4 is 5.82 Å². The molecule has 2 aromatic rings. The number of ether oxygens (including phenoxy) is 1. The Morgan fingerprint density at radius 1 is 1.37 bits per heavy atom. The molecule has 19 heavy (non-hydrogen) atoms. The number of nitrogens with zero attached hydrogens (tertiary/aromatic N) is 3. The van der Waals surface area contributed by atoms with Crippen LogP contribution in [0, 0.1) is 24.2 Å². The van der Waals surface area contributed by atoms with E-state index in [1.807, 2.05) is 31.2 Å². The molecular formula is C13H11FN4O. The highest BCUT2D eigenvalue weighted by molar-refractivity contribution is 5.39. The van der Waals surface area contributed by atoms with Gasteiger partial charge in [-0.15, -0.1) is 0 Å². The predicted octanol–water partition coefficient (Wildman–Crippen LogP) is 2.40. The van der Waals surface area contributed by atoms with Crippen LogP contribution in [0.15, 0.2) is 30.5 Å². The Morgan fingerprint density at radius 3 is 2.79 bits per heavy atom. The van der Waals surface area contributed by atoms with Crippen LogP contribution in [0.2, 0.25) is 0 Å². The zero-order valence-electron chi connectivity index (χ0n) is 10.2. The normalized spacial score (nSPS) is 9.74. The lowest BCUT2D eigenvalue weighted by atomic mass is 10.2. The van der Waals surface area contributed by atoms with Crippen molar-refractivity contribution in [2.75, 3.05) is 5.32 Å². The summed E-state index contributed by atoms with van der Waals surface area (Å²) in [5.74, 6) is -0.902.